The van der Waals surface area contributed by atoms with Crippen LogP contribution >= 0.6 is 15.9 Å². The van der Waals surface area contributed by atoms with Crippen molar-refractivity contribution in [3.8, 4) is 5.75 Å². The van der Waals surface area contributed by atoms with Crippen molar-refractivity contribution in [2.24, 2.45) is 0 Å². The van der Waals surface area contributed by atoms with Crippen LogP contribution in [0.15, 0.2) is 22.7 Å². The predicted octanol–water partition coefficient (Wildman–Crippen LogP) is 2.91. The van der Waals surface area contributed by atoms with Gasteiger partial charge in [-0.15, -0.1) is 0 Å². The van der Waals surface area contributed by atoms with Gasteiger partial charge in [0.05, 0.1) is 18.2 Å². The Kier molecular flexibility index (Phi) is 5.43. The molecular formula is C15H22BrNO3. The number of benzene rings is 1. The zero-order valence-corrected chi connectivity index (χ0v) is 13.8. The summed E-state index contributed by atoms with van der Waals surface area (Å²) in [5.74, 6) is 0.846. The van der Waals surface area contributed by atoms with Gasteiger partial charge in [-0.05, 0) is 40.5 Å². The highest BCUT2D eigenvalue weighted by Crippen LogP contribution is 2.28. The molecule has 0 bridgehead atoms. The van der Waals surface area contributed by atoms with Crippen molar-refractivity contribution in [1.29, 1.82) is 0 Å². The molecule has 1 fully saturated rings. The molecular weight excluding hydrogens is 322 g/mol. The highest BCUT2D eigenvalue weighted by atomic mass is 79.9. The summed E-state index contributed by atoms with van der Waals surface area (Å²) in [7, 11) is 3.43. The third-order valence-corrected chi connectivity index (χ3v) is 4.53. The first-order valence-corrected chi connectivity index (χ1v) is 7.59. The first-order chi connectivity index (χ1) is 9.60. The zero-order valence-electron chi connectivity index (χ0n) is 12.2. The van der Waals surface area contributed by atoms with Crippen molar-refractivity contribution >= 4 is 15.9 Å². The summed E-state index contributed by atoms with van der Waals surface area (Å²) in [6.07, 6.45) is 0.940. The number of hydrogen-bond acceptors (Lipinski definition) is 4. The highest BCUT2D eigenvalue weighted by Gasteiger charge is 2.34. The lowest BCUT2D eigenvalue weighted by Gasteiger charge is -2.28. The van der Waals surface area contributed by atoms with Gasteiger partial charge in [0.15, 0.2) is 0 Å². The normalized spacial score (nSPS) is 23.8. The standard InChI is InChI=1S/C15H22BrNO3/c1-11(12-4-5-14(18-2)13(16)8-12)17-9-15(19-3)6-7-20-10-15/h4-5,8,11,17H,6-7,9-10H2,1-3H3. The van der Waals surface area contributed by atoms with Gasteiger partial charge >= 0.3 is 0 Å². The summed E-state index contributed by atoms with van der Waals surface area (Å²) in [6.45, 7) is 4.37. The van der Waals surface area contributed by atoms with Crippen LogP contribution in [-0.2, 0) is 9.47 Å². The van der Waals surface area contributed by atoms with E-state index in [0.29, 0.717) is 6.61 Å². The third-order valence-electron chi connectivity index (χ3n) is 3.91. The van der Waals surface area contributed by atoms with Gasteiger partial charge < -0.3 is 19.5 Å². The highest BCUT2D eigenvalue weighted by molar-refractivity contribution is 9.10. The second kappa shape index (κ2) is 6.89. The number of halogens is 1. The molecule has 20 heavy (non-hydrogen) atoms. The van der Waals surface area contributed by atoms with Crippen LogP contribution in [0, 0.1) is 0 Å². The summed E-state index contributed by atoms with van der Waals surface area (Å²) in [6, 6.07) is 6.37. The largest absolute Gasteiger partial charge is 0.496 e. The molecule has 0 saturated carbocycles. The fourth-order valence-corrected chi connectivity index (χ4v) is 2.93. The van der Waals surface area contributed by atoms with Crippen LogP contribution in [0.3, 0.4) is 0 Å². The molecule has 1 aromatic carbocycles. The number of ether oxygens (including phenoxy) is 3. The second-order valence-electron chi connectivity index (χ2n) is 5.19. The Balaban J connectivity index is 1.97. The van der Waals surface area contributed by atoms with Gasteiger partial charge in [-0.1, -0.05) is 6.07 Å². The number of methoxy groups -OCH3 is 2. The molecule has 0 amide bonds. The van der Waals surface area contributed by atoms with Crippen LogP contribution in [0.5, 0.6) is 5.75 Å². The molecule has 0 radical (unpaired) electrons. The molecule has 5 heteroatoms. The van der Waals surface area contributed by atoms with Gasteiger partial charge in [0.2, 0.25) is 0 Å². The van der Waals surface area contributed by atoms with Crippen molar-refractivity contribution in [2.75, 3.05) is 34.0 Å². The fourth-order valence-electron chi connectivity index (χ4n) is 2.37. The van der Waals surface area contributed by atoms with Crippen LogP contribution < -0.4 is 10.1 Å². The van der Waals surface area contributed by atoms with E-state index in [2.05, 4.69) is 40.3 Å². The molecule has 0 aromatic heterocycles. The summed E-state index contributed by atoms with van der Waals surface area (Å²) in [5.41, 5.74) is 1.03. The maximum Gasteiger partial charge on any atom is 0.133 e. The van der Waals surface area contributed by atoms with E-state index < -0.39 is 0 Å². The van der Waals surface area contributed by atoms with Crippen molar-refractivity contribution in [3.63, 3.8) is 0 Å². The average molecular weight is 344 g/mol. The van der Waals surface area contributed by atoms with Crippen LogP contribution in [0.4, 0.5) is 0 Å². The maximum atomic E-state index is 5.63. The Morgan fingerprint density at radius 2 is 2.25 bits per heavy atom. The lowest BCUT2D eigenvalue weighted by atomic mass is 10.0. The second-order valence-corrected chi connectivity index (χ2v) is 6.04. The Morgan fingerprint density at radius 1 is 1.45 bits per heavy atom. The Hall–Kier alpha value is -0.620. The summed E-state index contributed by atoms with van der Waals surface area (Å²) in [4.78, 5) is 0. The molecule has 0 spiro atoms. The predicted molar refractivity (Wildman–Crippen MR) is 82.3 cm³/mol. The van der Waals surface area contributed by atoms with E-state index in [9.17, 15) is 0 Å². The SMILES string of the molecule is COc1ccc(C(C)NCC2(OC)CCOC2)cc1Br. The average Bonchev–Trinajstić information content (AvgIpc) is 2.94. The maximum absolute atomic E-state index is 5.63. The van der Waals surface area contributed by atoms with Gasteiger partial charge in [-0.2, -0.15) is 0 Å². The third kappa shape index (κ3) is 3.52. The molecule has 2 rings (SSSR count). The van der Waals surface area contributed by atoms with E-state index in [1.807, 2.05) is 6.07 Å². The molecule has 1 aliphatic rings. The van der Waals surface area contributed by atoms with Gasteiger partial charge in [0.1, 0.15) is 11.4 Å². The molecule has 1 saturated heterocycles. The van der Waals surface area contributed by atoms with Gasteiger partial charge in [0, 0.05) is 32.7 Å². The summed E-state index contributed by atoms with van der Waals surface area (Å²) >= 11 is 3.52. The molecule has 1 aromatic rings. The van der Waals surface area contributed by atoms with E-state index >= 15 is 0 Å². The number of hydrogen-bond donors (Lipinski definition) is 1. The summed E-state index contributed by atoms with van der Waals surface area (Å²) < 4.78 is 17.3. The van der Waals surface area contributed by atoms with Crippen molar-refractivity contribution < 1.29 is 14.2 Å². The van der Waals surface area contributed by atoms with E-state index in [-0.39, 0.29) is 11.6 Å². The molecule has 1 N–H and O–H groups in total. The molecule has 0 aliphatic carbocycles. The Labute approximate surface area is 128 Å². The van der Waals surface area contributed by atoms with Crippen molar-refractivity contribution in [3.05, 3.63) is 28.2 Å². The van der Waals surface area contributed by atoms with Crippen molar-refractivity contribution in [1.82, 2.24) is 5.32 Å². The Bertz CT molecular complexity index is 447. The zero-order chi connectivity index (χ0) is 14.6. The molecule has 112 valence electrons. The van der Waals surface area contributed by atoms with Gasteiger partial charge in [0.25, 0.3) is 0 Å². The van der Waals surface area contributed by atoms with Gasteiger partial charge in [-0.25, -0.2) is 0 Å². The number of rotatable bonds is 6. The minimum atomic E-state index is -0.183. The van der Waals surface area contributed by atoms with E-state index in [1.54, 1.807) is 14.2 Å². The van der Waals surface area contributed by atoms with E-state index in [4.69, 9.17) is 14.2 Å². The van der Waals surface area contributed by atoms with E-state index in [0.717, 1.165) is 29.8 Å². The first kappa shape index (κ1) is 15.8. The molecule has 2 atom stereocenters. The number of nitrogens with one attached hydrogen (secondary N) is 1. The topological polar surface area (TPSA) is 39.7 Å². The molecule has 4 nitrogen and oxygen atoms in total. The van der Waals surface area contributed by atoms with Crippen LogP contribution in [0.2, 0.25) is 0 Å². The lowest BCUT2D eigenvalue weighted by Crippen LogP contribution is -2.43. The minimum absolute atomic E-state index is 0.183. The van der Waals surface area contributed by atoms with Crippen LogP contribution in [0.1, 0.15) is 24.9 Å². The molecule has 1 heterocycles. The lowest BCUT2D eigenvalue weighted by molar-refractivity contribution is -0.0172. The van der Waals surface area contributed by atoms with E-state index in [1.165, 1.54) is 5.56 Å². The minimum Gasteiger partial charge on any atom is -0.496 e. The fraction of sp³-hybridized carbons (Fsp3) is 0.600. The first-order valence-electron chi connectivity index (χ1n) is 6.80. The van der Waals surface area contributed by atoms with Crippen molar-refractivity contribution in [2.45, 2.75) is 25.0 Å². The molecule has 1 aliphatic heterocycles. The quantitative estimate of drug-likeness (QED) is 0.861. The van der Waals surface area contributed by atoms with Gasteiger partial charge in [-0.3, -0.25) is 0 Å². The monoisotopic (exact) mass is 343 g/mol. The summed E-state index contributed by atoms with van der Waals surface area (Å²) in [5, 5.41) is 3.53. The van der Waals surface area contributed by atoms with Crippen LogP contribution in [-0.4, -0.2) is 39.6 Å². The Morgan fingerprint density at radius 3 is 2.80 bits per heavy atom. The molecule has 2 unspecified atom stereocenters. The van der Waals surface area contributed by atoms with Crippen LogP contribution in [0.25, 0.3) is 0 Å². The smallest absolute Gasteiger partial charge is 0.133 e.